The number of imidazole rings is 1. The Balaban J connectivity index is 1.22. The van der Waals surface area contributed by atoms with Crippen molar-refractivity contribution in [1.82, 2.24) is 19.8 Å². The maximum atomic E-state index is 12.9. The first-order chi connectivity index (χ1) is 15.7. The van der Waals surface area contributed by atoms with E-state index in [-0.39, 0.29) is 18.1 Å². The number of fused-ring (bicyclic) bond motifs is 1. The van der Waals surface area contributed by atoms with E-state index in [9.17, 15) is 4.79 Å². The number of aromatic nitrogens is 2. The van der Waals surface area contributed by atoms with Gasteiger partial charge in [-0.2, -0.15) is 0 Å². The van der Waals surface area contributed by atoms with Gasteiger partial charge in [-0.15, -0.1) is 0 Å². The minimum Gasteiger partial charge on any atom is -0.469 e. The minimum absolute atomic E-state index is 0.0530. The lowest BCUT2D eigenvalue weighted by Gasteiger charge is -2.42. The minimum atomic E-state index is 0.0530. The van der Waals surface area contributed by atoms with Crippen LogP contribution in [0.3, 0.4) is 0 Å². The molecule has 1 N–H and O–H groups in total. The number of likely N-dealkylation sites (tertiary alicyclic amines) is 1. The van der Waals surface area contributed by atoms with Crippen LogP contribution >= 0.6 is 0 Å². The fraction of sp³-hybridized carbons (Fsp3) is 0.520. The fourth-order valence-corrected chi connectivity index (χ4v) is 5.07. The lowest BCUT2D eigenvalue weighted by Crippen LogP contribution is -2.44. The molecule has 2 aliphatic heterocycles. The Morgan fingerprint density at radius 2 is 2.19 bits per heavy atom. The van der Waals surface area contributed by atoms with Gasteiger partial charge in [0, 0.05) is 49.3 Å². The molecule has 3 atom stereocenters. The van der Waals surface area contributed by atoms with Crippen molar-refractivity contribution in [3.05, 3.63) is 60.1 Å². The van der Waals surface area contributed by atoms with Gasteiger partial charge in [0.1, 0.15) is 11.9 Å². The van der Waals surface area contributed by atoms with Crippen LogP contribution in [-0.4, -0.2) is 52.4 Å². The zero-order valence-electron chi connectivity index (χ0n) is 18.7. The maximum Gasteiger partial charge on any atom is 0.222 e. The summed E-state index contributed by atoms with van der Waals surface area (Å²) in [5.74, 6) is 1.45. The molecular weight excluding hydrogens is 404 g/mol. The molecule has 32 heavy (non-hydrogen) atoms. The number of amides is 1. The Kier molecular flexibility index (Phi) is 6.17. The summed E-state index contributed by atoms with van der Waals surface area (Å²) in [5.41, 5.74) is 3.60. The van der Waals surface area contributed by atoms with Crippen molar-refractivity contribution in [3.63, 3.8) is 0 Å². The van der Waals surface area contributed by atoms with Gasteiger partial charge in [-0.25, -0.2) is 4.98 Å². The highest BCUT2D eigenvalue weighted by molar-refractivity contribution is 5.77. The van der Waals surface area contributed by atoms with Crippen LogP contribution in [0.15, 0.2) is 60.1 Å². The Labute approximate surface area is 189 Å². The molecule has 0 saturated carbocycles. The molecule has 7 nitrogen and oxygen atoms in total. The summed E-state index contributed by atoms with van der Waals surface area (Å²) < 4.78 is 13.1. The second kappa shape index (κ2) is 9.36. The van der Waals surface area contributed by atoms with Gasteiger partial charge < -0.3 is 24.3 Å². The van der Waals surface area contributed by atoms with Crippen LogP contribution in [-0.2, 0) is 14.3 Å². The number of allylic oxidation sites excluding steroid dienone is 4. The molecule has 3 heterocycles. The monoisotopic (exact) mass is 436 g/mol. The molecule has 4 aliphatic rings. The lowest BCUT2D eigenvalue weighted by atomic mass is 9.91. The summed E-state index contributed by atoms with van der Waals surface area (Å²) in [6.07, 6.45) is 20.1. The summed E-state index contributed by atoms with van der Waals surface area (Å²) in [5, 5.41) is 3.13. The lowest BCUT2D eigenvalue weighted by molar-refractivity contribution is -0.122. The number of hydrogen-bond donors (Lipinski definition) is 1. The van der Waals surface area contributed by atoms with E-state index in [2.05, 4.69) is 44.9 Å². The maximum absolute atomic E-state index is 12.9. The zero-order valence-corrected chi connectivity index (χ0v) is 18.7. The number of nitrogens with one attached hydrogen (secondary N) is 1. The van der Waals surface area contributed by atoms with Gasteiger partial charge in [-0.3, -0.25) is 4.79 Å². The number of ether oxygens (including phenoxy) is 2. The van der Waals surface area contributed by atoms with Gasteiger partial charge >= 0.3 is 0 Å². The standard InChI is InChI=1S/C25H32N4O3/c1-18-5-7-20(28-11-9-26-16-28)13-22(18)29-10-3-2-4-21(29)14-25(30)27-15-19-6-8-23-24(12-19)32-17-31-23/h6-7,9,11-13,16,18,21,23H,2-5,8,10,14-15,17H2,1H3,(H,27,30). The first-order valence-corrected chi connectivity index (χ1v) is 11.8. The smallest absolute Gasteiger partial charge is 0.222 e. The molecule has 0 aromatic carbocycles. The van der Waals surface area contributed by atoms with Gasteiger partial charge in [0.2, 0.25) is 5.91 Å². The van der Waals surface area contributed by atoms with Gasteiger partial charge in [-0.1, -0.05) is 19.1 Å². The number of piperidine rings is 1. The van der Waals surface area contributed by atoms with Crippen molar-refractivity contribution in [2.45, 2.75) is 57.6 Å². The van der Waals surface area contributed by atoms with E-state index < -0.39 is 0 Å². The Bertz CT molecular complexity index is 960. The van der Waals surface area contributed by atoms with Gasteiger partial charge in [0.25, 0.3) is 0 Å². The van der Waals surface area contributed by atoms with Crippen molar-refractivity contribution in [2.75, 3.05) is 19.9 Å². The van der Waals surface area contributed by atoms with Crippen molar-refractivity contribution in [1.29, 1.82) is 0 Å². The molecule has 1 aromatic rings. The van der Waals surface area contributed by atoms with Gasteiger partial charge in [-0.05, 0) is 55.7 Å². The van der Waals surface area contributed by atoms with Crippen LogP contribution < -0.4 is 5.32 Å². The Morgan fingerprint density at radius 1 is 1.25 bits per heavy atom. The van der Waals surface area contributed by atoms with E-state index in [1.54, 1.807) is 0 Å². The molecule has 2 saturated heterocycles. The molecule has 0 radical (unpaired) electrons. The molecule has 0 bridgehead atoms. The predicted molar refractivity (Wildman–Crippen MR) is 122 cm³/mol. The highest BCUT2D eigenvalue weighted by Crippen LogP contribution is 2.34. The average molecular weight is 437 g/mol. The van der Waals surface area contributed by atoms with E-state index in [0.29, 0.717) is 25.7 Å². The normalized spacial score (nSPS) is 27.5. The van der Waals surface area contributed by atoms with Crippen molar-refractivity contribution >= 4 is 11.6 Å². The zero-order chi connectivity index (χ0) is 21.9. The molecular formula is C25H32N4O3. The second-order valence-electron chi connectivity index (χ2n) is 9.11. The van der Waals surface area contributed by atoms with Crippen LogP contribution in [0, 0.1) is 5.92 Å². The number of rotatable bonds is 6. The molecule has 1 aromatic heterocycles. The molecule has 170 valence electrons. The quantitative estimate of drug-likeness (QED) is 0.738. The first kappa shape index (κ1) is 21.1. The number of carbonyl (C=O) groups excluding carboxylic acids is 1. The molecule has 7 heteroatoms. The number of carbonyl (C=O) groups is 1. The summed E-state index contributed by atoms with van der Waals surface area (Å²) >= 11 is 0. The van der Waals surface area contributed by atoms with E-state index in [4.69, 9.17) is 9.47 Å². The van der Waals surface area contributed by atoms with E-state index in [1.165, 1.54) is 18.5 Å². The third-order valence-corrected chi connectivity index (χ3v) is 6.89. The average Bonchev–Trinajstić information content (AvgIpc) is 3.50. The third kappa shape index (κ3) is 4.53. The van der Waals surface area contributed by atoms with Crippen molar-refractivity contribution < 1.29 is 14.3 Å². The topological polar surface area (TPSA) is 68.6 Å². The molecule has 5 rings (SSSR count). The summed E-state index contributed by atoms with van der Waals surface area (Å²) in [4.78, 5) is 19.5. The summed E-state index contributed by atoms with van der Waals surface area (Å²) in [6, 6.07) is 0.245. The molecule has 3 unspecified atom stereocenters. The van der Waals surface area contributed by atoms with Crippen LogP contribution in [0.5, 0.6) is 0 Å². The highest BCUT2D eigenvalue weighted by atomic mass is 16.7. The van der Waals surface area contributed by atoms with Crippen LogP contribution in [0.25, 0.3) is 5.70 Å². The van der Waals surface area contributed by atoms with Crippen LogP contribution in [0.2, 0.25) is 0 Å². The van der Waals surface area contributed by atoms with E-state index in [0.717, 1.165) is 42.8 Å². The predicted octanol–water partition coefficient (Wildman–Crippen LogP) is 3.60. The van der Waals surface area contributed by atoms with E-state index >= 15 is 0 Å². The first-order valence-electron chi connectivity index (χ1n) is 11.8. The van der Waals surface area contributed by atoms with E-state index in [1.807, 2.05) is 24.8 Å². The van der Waals surface area contributed by atoms with Crippen molar-refractivity contribution in [3.8, 4) is 0 Å². The number of hydrogen-bond acceptors (Lipinski definition) is 5. The molecule has 2 fully saturated rings. The largest absolute Gasteiger partial charge is 0.469 e. The molecule has 2 aliphatic carbocycles. The summed E-state index contributed by atoms with van der Waals surface area (Å²) in [6.45, 7) is 4.16. The van der Waals surface area contributed by atoms with Crippen LogP contribution in [0.1, 0.15) is 45.4 Å². The van der Waals surface area contributed by atoms with Crippen molar-refractivity contribution in [2.24, 2.45) is 5.92 Å². The van der Waals surface area contributed by atoms with Gasteiger partial charge in [0.15, 0.2) is 6.79 Å². The Morgan fingerprint density at radius 3 is 3.06 bits per heavy atom. The second-order valence-corrected chi connectivity index (χ2v) is 9.11. The molecule has 1 amide bonds. The third-order valence-electron chi connectivity index (χ3n) is 6.89. The fourth-order valence-electron chi connectivity index (χ4n) is 5.07. The SMILES string of the molecule is CC1CC=C(n2ccnc2)C=C1N1CCCCC1CC(=O)NCC1=CCC2OCOC2=C1. The summed E-state index contributed by atoms with van der Waals surface area (Å²) in [7, 11) is 0. The van der Waals surface area contributed by atoms with Gasteiger partial charge in [0.05, 0.1) is 6.33 Å². The number of nitrogens with zero attached hydrogens (tertiary/aromatic N) is 3. The molecule has 0 spiro atoms. The Hall–Kier alpha value is -2.80. The van der Waals surface area contributed by atoms with Crippen LogP contribution in [0.4, 0.5) is 0 Å². The highest BCUT2D eigenvalue weighted by Gasteiger charge is 2.30.